The average molecular weight is 361 g/mol. The summed E-state index contributed by atoms with van der Waals surface area (Å²) < 4.78 is 5.70. The van der Waals surface area contributed by atoms with Crippen LogP contribution in [0.15, 0.2) is 23.3 Å². The van der Waals surface area contributed by atoms with E-state index in [1.165, 1.54) is 0 Å². The molecular formula is C19H31N5O2. The number of aryl methyl sites for hydroxylation is 1. The van der Waals surface area contributed by atoms with Gasteiger partial charge in [0, 0.05) is 38.9 Å². The number of carbonyl (C=O) groups excluding carboxylic acids is 1. The highest BCUT2D eigenvalue weighted by Crippen LogP contribution is 2.13. The molecule has 1 amide bonds. The zero-order valence-electron chi connectivity index (χ0n) is 16.1. The number of hydrogen-bond acceptors (Lipinski definition) is 4. The first kappa shape index (κ1) is 20.2. The maximum absolute atomic E-state index is 12.1. The number of ether oxygens (including phenoxy) is 1. The van der Waals surface area contributed by atoms with Crippen LogP contribution >= 0.6 is 0 Å². The summed E-state index contributed by atoms with van der Waals surface area (Å²) in [6.45, 7) is 9.94. The average Bonchev–Trinajstić information content (AvgIpc) is 2.64. The van der Waals surface area contributed by atoms with Crippen LogP contribution < -0.4 is 10.6 Å². The Kier molecular flexibility index (Phi) is 8.34. The number of nitrogens with one attached hydrogen (secondary N) is 2. The minimum Gasteiger partial charge on any atom is -0.378 e. The number of hydrogen-bond donors (Lipinski definition) is 2. The molecule has 0 aliphatic carbocycles. The lowest BCUT2D eigenvalue weighted by molar-refractivity contribution is -0.116. The van der Waals surface area contributed by atoms with Crippen molar-refractivity contribution in [3.63, 3.8) is 0 Å². The number of nitrogens with zero attached hydrogens (tertiary/aromatic N) is 3. The molecule has 0 saturated carbocycles. The van der Waals surface area contributed by atoms with Crippen LogP contribution in [-0.2, 0) is 9.53 Å². The van der Waals surface area contributed by atoms with Crippen LogP contribution in [0.4, 0.5) is 5.82 Å². The van der Waals surface area contributed by atoms with Crippen LogP contribution in [0.1, 0.15) is 38.7 Å². The molecule has 0 aromatic carbocycles. The molecule has 1 aromatic rings. The number of carbonyl (C=O) groups is 1. The van der Waals surface area contributed by atoms with Gasteiger partial charge in [-0.15, -0.1) is 0 Å². The van der Waals surface area contributed by atoms with Crippen molar-refractivity contribution in [1.82, 2.24) is 15.2 Å². The number of guanidine groups is 1. The third kappa shape index (κ3) is 6.63. The number of aromatic nitrogens is 1. The third-order valence-electron chi connectivity index (χ3n) is 4.26. The smallest absolute Gasteiger partial charge is 0.227 e. The van der Waals surface area contributed by atoms with Crippen molar-refractivity contribution in [3.8, 4) is 0 Å². The van der Waals surface area contributed by atoms with E-state index in [1.54, 1.807) is 6.20 Å². The van der Waals surface area contributed by atoms with Gasteiger partial charge in [-0.3, -0.25) is 9.79 Å². The molecular weight excluding hydrogens is 330 g/mol. The van der Waals surface area contributed by atoms with Crippen molar-refractivity contribution < 1.29 is 9.53 Å². The molecule has 0 bridgehead atoms. The van der Waals surface area contributed by atoms with E-state index in [9.17, 15) is 4.79 Å². The number of piperidine rings is 1. The highest BCUT2D eigenvalue weighted by molar-refractivity contribution is 5.90. The van der Waals surface area contributed by atoms with Crippen molar-refractivity contribution in [2.75, 3.05) is 38.1 Å². The maximum atomic E-state index is 12.1. The van der Waals surface area contributed by atoms with Gasteiger partial charge in [0.1, 0.15) is 5.82 Å². The zero-order chi connectivity index (χ0) is 18.8. The lowest BCUT2D eigenvalue weighted by Crippen LogP contribution is -2.47. The van der Waals surface area contributed by atoms with Crippen molar-refractivity contribution in [2.24, 2.45) is 4.99 Å². The predicted octanol–water partition coefficient (Wildman–Crippen LogP) is 2.19. The number of rotatable bonds is 7. The highest BCUT2D eigenvalue weighted by Gasteiger charge is 2.21. The highest BCUT2D eigenvalue weighted by atomic mass is 16.5. The standard InChI is InChI=1S/C19H31N5O2/c1-4-20-19(24-12-9-16(10-13-24)26-5-2)21-11-8-18(25)23-17-7-6-15(3)14-22-17/h6-7,14,16H,4-5,8-13H2,1-3H3,(H,20,21)(H,22,23,25). The van der Waals surface area contributed by atoms with Crippen LogP contribution in [-0.4, -0.2) is 60.6 Å². The monoisotopic (exact) mass is 361 g/mol. The quantitative estimate of drug-likeness (QED) is 0.575. The summed E-state index contributed by atoms with van der Waals surface area (Å²) in [5.41, 5.74) is 1.07. The van der Waals surface area contributed by atoms with Gasteiger partial charge in [-0.2, -0.15) is 0 Å². The molecule has 1 fully saturated rings. The Bertz CT molecular complexity index is 580. The van der Waals surface area contributed by atoms with Crippen LogP contribution in [0.2, 0.25) is 0 Å². The second kappa shape index (κ2) is 10.8. The Hall–Kier alpha value is -2.15. The van der Waals surface area contributed by atoms with Gasteiger partial charge in [0.15, 0.2) is 5.96 Å². The molecule has 0 unspecified atom stereocenters. The largest absolute Gasteiger partial charge is 0.378 e. The van der Waals surface area contributed by atoms with Gasteiger partial charge in [-0.25, -0.2) is 4.98 Å². The van der Waals surface area contributed by atoms with Crippen LogP contribution in [0.3, 0.4) is 0 Å². The summed E-state index contributed by atoms with van der Waals surface area (Å²) >= 11 is 0. The van der Waals surface area contributed by atoms with E-state index in [0.717, 1.165) is 50.6 Å². The summed E-state index contributed by atoms with van der Waals surface area (Å²) in [6.07, 6.45) is 4.45. The fourth-order valence-corrected chi connectivity index (χ4v) is 2.91. The van der Waals surface area contributed by atoms with E-state index in [0.29, 0.717) is 24.9 Å². The second-order valence-corrected chi connectivity index (χ2v) is 6.40. The van der Waals surface area contributed by atoms with E-state index in [1.807, 2.05) is 26.0 Å². The minimum atomic E-state index is -0.0731. The molecule has 2 N–H and O–H groups in total. The molecule has 0 radical (unpaired) electrons. The third-order valence-corrected chi connectivity index (χ3v) is 4.26. The van der Waals surface area contributed by atoms with Gasteiger partial charge in [-0.05, 0) is 45.2 Å². The molecule has 26 heavy (non-hydrogen) atoms. The first-order chi connectivity index (χ1) is 12.6. The van der Waals surface area contributed by atoms with Gasteiger partial charge in [0.2, 0.25) is 5.91 Å². The summed E-state index contributed by atoms with van der Waals surface area (Å²) in [5, 5.41) is 6.12. The summed E-state index contributed by atoms with van der Waals surface area (Å²) in [4.78, 5) is 23.1. The van der Waals surface area contributed by atoms with Crippen molar-refractivity contribution in [3.05, 3.63) is 23.9 Å². The summed E-state index contributed by atoms with van der Waals surface area (Å²) in [7, 11) is 0. The lowest BCUT2D eigenvalue weighted by Gasteiger charge is -2.34. The normalized spacial score (nSPS) is 15.8. The molecule has 2 heterocycles. The molecule has 144 valence electrons. The van der Waals surface area contributed by atoms with Gasteiger partial charge in [-0.1, -0.05) is 6.07 Å². The van der Waals surface area contributed by atoms with Crippen LogP contribution in [0, 0.1) is 6.92 Å². The molecule has 1 saturated heterocycles. The van der Waals surface area contributed by atoms with Gasteiger partial charge in [0.05, 0.1) is 12.6 Å². The van der Waals surface area contributed by atoms with E-state index >= 15 is 0 Å². The van der Waals surface area contributed by atoms with Gasteiger partial charge < -0.3 is 20.3 Å². The first-order valence-electron chi connectivity index (χ1n) is 9.49. The minimum absolute atomic E-state index is 0.0731. The molecule has 1 aliphatic heterocycles. The Morgan fingerprint density at radius 1 is 1.35 bits per heavy atom. The Labute approximate surface area is 156 Å². The Morgan fingerprint density at radius 2 is 2.12 bits per heavy atom. The fourth-order valence-electron chi connectivity index (χ4n) is 2.91. The zero-order valence-corrected chi connectivity index (χ0v) is 16.1. The summed E-state index contributed by atoms with van der Waals surface area (Å²) in [6, 6.07) is 3.74. The van der Waals surface area contributed by atoms with Gasteiger partial charge >= 0.3 is 0 Å². The van der Waals surface area contributed by atoms with E-state index in [4.69, 9.17) is 4.74 Å². The molecule has 1 aliphatic rings. The maximum Gasteiger partial charge on any atom is 0.227 e. The first-order valence-corrected chi connectivity index (χ1v) is 9.49. The van der Waals surface area contributed by atoms with E-state index < -0.39 is 0 Å². The number of likely N-dealkylation sites (tertiary alicyclic amines) is 1. The Balaban J connectivity index is 1.81. The Morgan fingerprint density at radius 3 is 2.73 bits per heavy atom. The molecule has 0 atom stereocenters. The fraction of sp³-hybridized carbons (Fsp3) is 0.632. The number of pyridine rings is 1. The van der Waals surface area contributed by atoms with Crippen molar-refractivity contribution in [1.29, 1.82) is 0 Å². The van der Waals surface area contributed by atoms with E-state index in [-0.39, 0.29) is 5.91 Å². The van der Waals surface area contributed by atoms with Crippen LogP contribution in [0.5, 0.6) is 0 Å². The SMILES string of the molecule is CCNC(=NCCC(=O)Nc1ccc(C)cn1)N1CCC(OCC)CC1. The number of aliphatic imine (C=N–C) groups is 1. The number of amides is 1. The molecule has 1 aromatic heterocycles. The predicted molar refractivity (Wildman–Crippen MR) is 104 cm³/mol. The van der Waals surface area contributed by atoms with Crippen LogP contribution in [0.25, 0.3) is 0 Å². The van der Waals surface area contributed by atoms with Crippen molar-refractivity contribution >= 4 is 17.7 Å². The topological polar surface area (TPSA) is 78.8 Å². The molecule has 7 nitrogen and oxygen atoms in total. The number of anilines is 1. The second-order valence-electron chi connectivity index (χ2n) is 6.40. The van der Waals surface area contributed by atoms with Gasteiger partial charge in [0.25, 0.3) is 0 Å². The van der Waals surface area contributed by atoms with E-state index in [2.05, 4.69) is 32.4 Å². The molecule has 7 heteroatoms. The lowest BCUT2D eigenvalue weighted by atomic mass is 10.1. The molecule has 2 rings (SSSR count). The van der Waals surface area contributed by atoms with Crippen molar-refractivity contribution in [2.45, 2.75) is 46.1 Å². The summed E-state index contributed by atoms with van der Waals surface area (Å²) in [5.74, 6) is 1.38. The molecule has 0 spiro atoms.